The average Bonchev–Trinajstić information content (AvgIpc) is 2.63. The predicted molar refractivity (Wildman–Crippen MR) is 75.9 cm³/mol. The highest BCUT2D eigenvalue weighted by molar-refractivity contribution is 9.10. The molecule has 3 rings (SSSR count). The normalized spacial score (nSPS) is 21.8. The van der Waals surface area contributed by atoms with E-state index in [-0.39, 0.29) is 12.5 Å². The van der Waals surface area contributed by atoms with Gasteiger partial charge in [-0.15, -0.1) is 0 Å². The summed E-state index contributed by atoms with van der Waals surface area (Å²) < 4.78 is 0.849. The van der Waals surface area contributed by atoms with Crippen LogP contribution in [0.3, 0.4) is 0 Å². The minimum Gasteiger partial charge on any atom is -0.387 e. The highest BCUT2D eigenvalue weighted by Gasteiger charge is 2.54. The van der Waals surface area contributed by atoms with Crippen molar-refractivity contribution in [3.8, 4) is 0 Å². The van der Waals surface area contributed by atoms with Gasteiger partial charge in [0.1, 0.15) is 5.54 Å². The number of nitrogens with zero attached hydrogens (tertiary/aromatic N) is 1. The van der Waals surface area contributed by atoms with E-state index >= 15 is 0 Å². The van der Waals surface area contributed by atoms with Gasteiger partial charge in [-0.05, 0) is 37.0 Å². The number of halogens is 1. The number of carbonyl (C=O) groups is 2. The van der Waals surface area contributed by atoms with E-state index in [4.69, 9.17) is 0 Å². The van der Waals surface area contributed by atoms with Gasteiger partial charge in [-0.2, -0.15) is 0 Å². The van der Waals surface area contributed by atoms with E-state index in [1.54, 1.807) is 12.1 Å². The molecule has 1 aliphatic carbocycles. The van der Waals surface area contributed by atoms with Crippen LogP contribution in [0.1, 0.15) is 30.9 Å². The van der Waals surface area contributed by atoms with Crippen molar-refractivity contribution >= 4 is 27.9 Å². The molecule has 1 heterocycles. The number of aliphatic hydroxyl groups excluding tert-OH is 1. The van der Waals surface area contributed by atoms with E-state index in [1.807, 2.05) is 12.1 Å². The van der Waals surface area contributed by atoms with Crippen molar-refractivity contribution in [2.75, 3.05) is 6.54 Å². The summed E-state index contributed by atoms with van der Waals surface area (Å²) in [4.78, 5) is 25.3. The molecule has 0 radical (unpaired) electrons. The first kappa shape index (κ1) is 13.6. The molecule has 2 N–H and O–H groups in total. The Kier molecular flexibility index (Phi) is 3.30. The third-order valence-electron chi connectivity index (χ3n) is 4.04. The molecule has 1 unspecified atom stereocenters. The Morgan fingerprint density at radius 2 is 2.15 bits per heavy atom. The molecule has 1 saturated carbocycles. The zero-order valence-corrected chi connectivity index (χ0v) is 12.4. The number of aliphatic hydroxyl groups is 1. The van der Waals surface area contributed by atoms with Gasteiger partial charge in [0.05, 0.1) is 12.6 Å². The minimum atomic E-state index is -0.877. The number of rotatable bonds is 3. The lowest BCUT2D eigenvalue weighted by molar-refractivity contribution is -0.135. The van der Waals surface area contributed by atoms with Crippen molar-refractivity contribution in [3.63, 3.8) is 0 Å². The smallest absolute Gasteiger partial charge is 0.325 e. The molecule has 1 aromatic rings. The van der Waals surface area contributed by atoms with Gasteiger partial charge in [0.2, 0.25) is 0 Å². The van der Waals surface area contributed by atoms with Crippen LogP contribution in [-0.2, 0) is 4.79 Å². The SMILES string of the molecule is O=C1NC2(CCC2)C(=O)N1CC(O)c1cccc(Br)c1. The Morgan fingerprint density at radius 3 is 2.70 bits per heavy atom. The number of β-amino-alcohol motifs (C(OH)–C–C–N with tert-alkyl or cyclic N) is 1. The van der Waals surface area contributed by atoms with E-state index in [0.29, 0.717) is 18.4 Å². The van der Waals surface area contributed by atoms with Crippen LogP contribution in [0.4, 0.5) is 4.79 Å². The first-order chi connectivity index (χ1) is 9.52. The molecule has 2 aliphatic rings. The molecular formula is C14H15BrN2O3. The Labute approximate surface area is 125 Å². The van der Waals surface area contributed by atoms with E-state index in [2.05, 4.69) is 21.2 Å². The summed E-state index contributed by atoms with van der Waals surface area (Å²) in [5, 5.41) is 13.0. The molecule has 0 aromatic heterocycles. The number of carbonyl (C=O) groups excluding carboxylic acids is 2. The Hall–Kier alpha value is -1.40. The number of benzene rings is 1. The van der Waals surface area contributed by atoms with Crippen molar-refractivity contribution in [1.82, 2.24) is 10.2 Å². The van der Waals surface area contributed by atoms with Gasteiger partial charge in [0.25, 0.3) is 5.91 Å². The second-order valence-corrected chi connectivity index (χ2v) is 6.27. The van der Waals surface area contributed by atoms with Crippen LogP contribution in [0.15, 0.2) is 28.7 Å². The molecule has 3 amide bonds. The molecule has 0 bridgehead atoms. The molecule has 1 spiro atoms. The van der Waals surface area contributed by atoms with Crippen molar-refractivity contribution in [2.45, 2.75) is 30.9 Å². The van der Waals surface area contributed by atoms with Gasteiger partial charge in [-0.25, -0.2) is 4.79 Å². The van der Waals surface area contributed by atoms with Crippen molar-refractivity contribution < 1.29 is 14.7 Å². The monoisotopic (exact) mass is 338 g/mol. The maximum absolute atomic E-state index is 12.3. The average molecular weight is 339 g/mol. The summed E-state index contributed by atoms with van der Waals surface area (Å²) in [5.74, 6) is -0.206. The lowest BCUT2D eigenvalue weighted by atomic mass is 9.77. The Balaban J connectivity index is 1.74. The molecule has 2 fully saturated rings. The molecule has 1 atom stereocenters. The van der Waals surface area contributed by atoms with Crippen LogP contribution in [0.2, 0.25) is 0 Å². The zero-order chi connectivity index (χ0) is 14.3. The van der Waals surface area contributed by atoms with Crippen molar-refractivity contribution in [1.29, 1.82) is 0 Å². The molecule has 106 valence electrons. The van der Waals surface area contributed by atoms with Crippen molar-refractivity contribution in [2.24, 2.45) is 0 Å². The number of urea groups is 1. The highest BCUT2D eigenvalue weighted by atomic mass is 79.9. The second-order valence-electron chi connectivity index (χ2n) is 5.35. The summed E-state index contributed by atoms with van der Waals surface area (Å²) in [6.07, 6.45) is 1.47. The minimum absolute atomic E-state index is 0.0110. The van der Waals surface area contributed by atoms with Crippen LogP contribution >= 0.6 is 15.9 Å². The fourth-order valence-corrected chi connectivity index (χ4v) is 3.12. The number of hydrogen-bond acceptors (Lipinski definition) is 3. The lowest BCUT2D eigenvalue weighted by Crippen LogP contribution is -2.52. The van der Waals surface area contributed by atoms with Crippen LogP contribution < -0.4 is 5.32 Å². The molecular weight excluding hydrogens is 324 g/mol. The first-order valence-corrected chi connectivity index (χ1v) is 7.39. The van der Waals surface area contributed by atoms with E-state index in [1.165, 1.54) is 0 Å². The number of imide groups is 1. The maximum atomic E-state index is 12.3. The van der Waals surface area contributed by atoms with E-state index < -0.39 is 17.7 Å². The van der Waals surface area contributed by atoms with Gasteiger partial charge < -0.3 is 10.4 Å². The van der Waals surface area contributed by atoms with Gasteiger partial charge in [-0.3, -0.25) is 9.69 Å². The maximum Gasteiger partial charge on any atom is 0.325 e. The molecule has 5 nitrogen and oxygen atoms in total. The first-order valence-electron chi connectivity index (χ1n) is 6.59. The summed E-state index contributed by atoms with van der Waals surface area (Å²) in [6.45, 7) is -0.0110. The van der Waals surface area contributed by atoms with E-state index in [0.717, 1.165) is 15.8 Å². The van der Waals surface area contributed by atoms with E-state index in [9.17, 15) is 14.7 Å². The Morgan fingerprint density at radius 1 is 1.40 bits per heavy atom. The molecule has 1 aliphatic heterocycles. The quantitative estimate of drug-likeness (QED) is 0.827. The summed E-state index contributed by atoms with van der Waals surface area (Å²) >= 11 is 3.33. The predicted octanol–water partition coefficient (Wildman–Crippen LogP) is 1.96. The van der Waals surface area contributed by atoms with Crippen LogP contribution in [0.25, 0.3) is 0 Å². The fraction of sp³-hybridized carbons (Fsp3) is 0.429. The summed E-state index contributed by atoms with van der Waals surface area (Å²) in [5.41, 5.74) is -0.0109. The van der Waals surface area contributed by atoms with Gasteiger partial charge >= 0.3 is 6.03 Å². The lowest BCUT2D eigenvalue weighted by Gasteiger charge is -2.35. The third-order valence-corrected chi connectivity index (χ3v) is 4.54. The molecule has 6 heteroatoms. The second kappa shape index (κ2) is 4.86. The zero-order valence-electron chi connectivity index (χ0n) is 10.8. The van der Waals surface area contributed by atoms with Gasteiger partial charge in [0, 0.05) is 4.47 Å². The van der Waals surface area contributed by atoms with Crippen LogP contribution in [0.5, 0.6) is 0 Å². The fourth-order valence-electron chi connectivity index (χ4n) is 2.70. The summed E-state index contributed by atoms with van der Waals surface area (Å²) in [7, 11) is 0. The topological polar surface area (TPSA) is 69.6 Å². The van der Waals surface area contributed by atoms with Crippen LogP contribution in [-0.4, -0.2) is 34.0 Å². The highest BCUT2D eigenvalue weighted by Crippen LogP contribution is 2.37. The van der Waals surface area contributed by atoms with Crippen LogP contribution in [0, 0.1) is 0 Å². The Bertz CT molecular complexity index is 571. The number of amides is 3. The number of nitrogens with one attached hydrogen (secondary N) is 1. The molecule has 20 heavy (non-hydrogen) atoms. The summed E-state index contributed by atoms with van der Waals surface area (Å²) in [6, 6.07) is 6.81. The largest absolute Gasteiger partial charge is 0.387 e. The standard InChI is InChI=1S/C14H15BrN2O3/c15-10-4-1-3-9(7-10)11(18)8-17-12(19)14(5-2-6-14)16-13(17)20/h1,3-4,7,11,18H,2,5-6,8H2,(H,16,20). The molecule has 1 aromatic carbocycles. The molecule has 1 saturated heterocycles. The third kappa shape index (κ3) is 2.13. The number of hydrogen-bond donors (Lipinski definition) is 2. The van der Waals surface area contributed by atoms with Gasteiger partial charge in [-0.1, -0.05) is 28.1 Å². The van der Waals surface area contributed by atoms with Crippen molar-refractivity contribution in [3.05, 3.63) is 34.3 Å². The van der Waals surface area contributed by atoms with Gasteiger partial charge in [0.15, 0.2) is 0 Å².